The standard InChI is InChI=1S/C21H12Cl2N2O2/c22-17-10-15(11-18(23)12-17)21(26)27-19-6-4-14(5-7-19)9-16(13-24)20-3-1-2-8-25-20/h1-12H/b16-9+. The molecule has 0 aliphatic carbocycles. The molecule has 6 heteroatoms. The third-order valence-corrected chi connectivity index (χ3v) is 4.00. The third-order valence-electron chi connectivity index (χ3n) is 3.56. The van der Waals surface area contributed by atoms with Gasteiger partial charge in [0.15, 0.2) is 0 Å². The van der Waals surface area contributed by atoms with Crippen LogP contribution in [0.4, 0.5) is 0 Å². The van der Waals surface area contributed by atoms with Gasteiger partial charge in [0.05, 0.1) is 16.8 Å². The fraction of sp³-hybridized carbons (Fsp3) is 0. The van der Waals surface area contributed by atoms with Crippen molar-refractivity contribution in [1.82, 2.24) is 4.98 Å². The van der Waals surface area contributed by atoms with Crippen molar-refractivity contribution in [2.75, 3.05) is 0 Å². The molecule has 0 radical (unpaired) electrons. The van der Waals surface area contributed by atoms with Crippen molar-refractivity contribution < 1.29 is 9.53 Å². The highest BCUT2D eigenvalue weighted by Crippen LogP contribution is 2.22. The maximum Gasteiger partial charge on any atom is 0.343 e. The molecule has 27 heavy (non-hydrogen) atoms. The first kappa shape index (κ1) is 18.7. The Hall–Kier alpha value is -3.13. The number of ether oxygens (including phenoxy) is 1. The van der Waals surface area contributed by atoms with Crippen molar-refractivity contribution in [1.29, 1.82) is 5.26 Å². The van der Waals surface area contributed by atoms with E-state index in [9.17, 15) is 10.1 Å². The third kappa shape index (κ3) is 4.95. The number of esters is 1. The number of carbonyl (C=O) groups excluding carboxylic acids is 1. The van der Waals surface area contributed by atoms with E-state index in [0.29, 0.717) is 27.1 Å². The van der Waals surface area contributed by atoms with E-state index in [-0.39, 0.29) is 5.56 Å². The van der Waals surface area contributed by atoms with Crippen molar-refractivity contribution in [3.63, 3.8) is 0 Å². The van der Waals surface area contributed by atoms with Gasteiger partial charge in [0.1, 0.15) is 11.8 Å². The van der Waals surface area contributed by atoms with Crippen LogP contribution in [0.3, 0.4) is 0 Å². The molecular weight excluding hydrogens is 383 g/mol. The molecule has 0 aliphatic rings. The SMILES string of the molecule is N#C/C(=C\c1ccc(OC(=O)c2cc(Cl)cc(Cl)c2)cc1)c1ccccn1. The fourth-order valence-electron chi connectivity index (χ4n) is 2.32. The number of hydrogen-bond acceptors (Lipinski definition) is 4. The Kier molecular flexibility index (Phi) is 5.87. The minimum atomic E-state index is -0.561. The zero-order valence-corrected chi connectivity index (χ0v) is 15.4. The van der Waals surface area contributed by atoms with Gasteiger partial charge in [-0.2, -0.15) is 5.26 Å². The summed E-state index contributed by atoms with van der Waals surface area (Å²) < 4.78 is 5.33. The van der Waals surface area contributed by atoms with Gasteiger partial charge in [-0.1, -0.05) is 41.4 Å². The van der Waals surface area contributed by atoms with Gasteiger partial charge >= 0.3 is 5.97 Å². The van der Waals surface area contributed by atoms with Crippen molar-refractivity contribution in [2.45, 2.75) is 0 Å². The first-order valence-electron chi connectivity index (χ1n) is 7.87. The summed E-state index contributed by atoms with van der Waals surface area (Å²) in [4.78, 5) is 16.4. The molecule has 0 saturated carbocycles. The molecule has 132 valence electrons. The fourth-order valence-corrected chi connectivity index (χ4v) is 2.85. The largest absolute Gasteiger partial charge is 0.423 e. The lowest BCUT2D eigenvalue weighted by Gasteiger charge is -2.06. The summed E-state index contributed by atoms with van der Waals surface area (Å²) in [6.45, 7) is 0. The summed E-state index contributed by atoms with van der Waals surface area (Å²) in [5, 5.41) is 10.0. The molecule has 0 N–H and O–H groups in total. The molecule has 0 atom stereocenters. The number of pyridine rings is 1. The van der Waals surface area contributed by atoms with Gasteiger partial charge < -0.3 is 4.74 Å². The topological polar surface area (TPSA) is 63.0 Å². The lowest BCUT2D eigenvalue weighted by Crippen LogP contribution is -2.08. The number of rotatable bonds is 4. The van der Waals surface area contributed by atoms with Gasteiger partial charge in [0, 0.05) is 16.2 Å². The second-order valence-electron chi connectivity index (χ2n) is 5.50. The van der Waals surface area contributed by atoms with Crippen LogP contribution < -0.4 is 4.74 Å². The molecule has 3 aromatic rings. The molecule has 4 nitrogen and oxygen atoms in total. The summed E-state index contributed by atoms with van der Waals surface area (Å²) in [5.41, 5.74) is 2.07. The van der Waals surface area contributed by atoms with Crippen LogP contribution in [0.5, 0.6) is 5.75 Å². The van der Waals surface area contributed by atoms with Gasteiger partial charge in [0.25, 0.3) is 0 Å². The lowest BCUT2D eigenvalue weighted by atomic mass is 10.1. The molecule has 0 amide bonds. The smallest absolute Gasteiger partial charge is 0.343 e. The van der Waals surface area contributed by atoms with Gasteiger partial charge in [-0.05, 0) is 54.1 Å². The van der Waals surface area contributed by atoms with E-state index >= 15 is 0 Å². The maximum atomic E-state index is 12.2. The minimum Gasteiger partial charge on any atom is -0.423 e. The summed E-state index contributed by atoms with van der Waals surface area (Å²) in [6, 6.07) is 18.8. The van der Waals surface area contributed by atoms with E-state index in [0.717, 1.165) is 5.56 Å². The average molecular weight is 395 g/mol. The number of carbonyl (C=O) groups is 1. The summed E-state index contributed by atoms with van der Waals surface area (Å²) in [5.74, 6) is -0.196. The number of hydrogen-bond donors (Lipinski definition) is 0. The molecule has 0 bridgehead atoms. The number of allylic oxidation sites excluding steroid dienone is 1. The summed E-state index contributed by atoms with van der Waals surface area (Å²) in [6.07, 6.45) is 3.34. The van der Waals surface area contributed by atoms with Gasteiger partial charge in [-0.25, -0.2) is 4.79 Å². The highest BCUT2D eigenvalue weighted by Gasteiger charge is 2.11. The normalized spacial score (nSPS) is 10.9. The van der Waals surface area contributed by atoms with Crippen molar-refractivity contribution >= 4 is 40.8 Å². The Morgan fingerprint density at radius 3 is 2.33 bits per heavy atom. The van der Waals surface area contributed by atoms with E-state index in [2.05, 4.69) is 11.1 Å². The minimum absolute atomic E-state index is 0.262. The molecule has 2 aromatic carbocycles. The first-order valence-corrected chi connectivity index (χ1v) is 8.62. The van der Waals surface area contributed by atoms with Crippen LogP contribution in [-0.4, -0.2) is 11.0 Å². The van der Waals surface area contributed by atoms with Crippen LogP contribution in [0, 0.1) is 11.3 Å². The molecule has 3 rings (SSSR count). The second kappa shape index (κ2) is 8.50. The molecule has 0 unspecified atom stereocenters. The number of aromatic nitrogens is 1. The highest BCUT2D eigenvalue weighted by molar-refractivity contribution is 6.35. The van der Waals surface area contributed by atoms with Crippen LogP contribution in [0.25, 0.3) is 11.6 Å². The molecule has 0 saturated heterocycles. The van der Waals surface area contributed by atoms with Crippen LogP contribution in [0.15, 0.2) is 66.9 Å². The van der Waals surface area contributed by atoms with E-state index < -0.39 is 5.97 Å². The highest BCUT2D eigenvalue weighted by atomic mass is 35.5. The Bertz CT molecular complexity index is 1020. The molecule has 1 aromatic heterocycles. The zero-order valence-electron chi connectivity index (χ0n) is 13.9. The molecule has 0 spiro atoms. The average Bonchev–Trinajstić information content (AvgIpc) is 2.67. The van der Waals surface area contributed by atoms with Crippen LogP contribution in [0.2, 0.25) is 10.0 Å². The van der Waals surface area contributed by atoms with E-state index in [1.165, 1.54) is 18.2 Å². The number of nitriles is 1. The summed E-state index contributed by atoms with van der Waals surface area (Å²) >= 11 is 11.8. The second-order valence-corrected chi connectivity index (χ2v) is 6.37. The van der Waals surface area contributed by atoms with Crippen molar-refractivity contribution in [3.05, 3.63) is 93.7 Å². The number of benzene rings is 2. The van der Waals surface area contributed by atoms with Crippen LogP contribution >= 0.6 is 23.2 Å². The Balaban J connectivity index is 1.76. The van der Waals surface area contributed by atoms with E-state index in [1.807, 2.05) is 6.07 Å². The maximum absolute atomic E-state index is 12.2. The number of halogens is 2. The predicted octanol–water partition coefficient (Wildman–Crippen LogP) is 5.67. The van der Waals surface area contributed by atoms with Crippen LogP contribution in [-0.2, 0) is 0 Å². The van der Waals surface area contributed by atoms with Gasteiger partial charge in [-0.3, -0.25) is 4.98 Å². The first-order chi connectivity index (χ1) is 13.0. The summed E-state index contributed by atoms with van der Waals surface area (Å²) in [7, 11) is 0. The van der Waals surface area contributed by atoms with Crippen LogP contribution in [0.1, 0.15) is 21.6 Å². The van der Waals surface area contributed by atoms with E-state index in [1.54, 1.807) is 48.7 Å². The molecular formula is C21H12Cl2N2O2. The Morgan fingerprint density at radius 2 is 1.74 bits per heavy atom. The van der Waals surface area contributed by atoms with Gasteiger partial charge in [-0.15, -0.1) is 0 Å². The molecule has 0 aliphatic heterocycles. The lowest BCUT2D eigenvalue weighted by molar-refractivity contribution is 0.0734. The number of nitrogens with zero attached hydrogens (tertiary/aromatic N) is 2. The zero-order chi connectivity index (χ0) is 19.2. The van der Waals surface area contributed by atoms with E-state index in [4.69, 9.17) is 27.9 Å². The molecule has 0 fully saturated rings. The Morgan fingerprint density at radius 1 is 1.04 bits per heavy atom. The monoisotopic (exact) mass is 394 g/mol. The quantitative estimate of drug-likeness (QED) is 0.324. The van der Waals surface area contributed by atoms with Crippen molar-refractivity contribution in [2.24, 2.45) is 0 Å². The Labute approximate surface area is 166 Å². The predicted molar refractivity (Wildman–Crippen MR) is 106 cm³/mol. The van der Waals surface area contributed by atoms with Crippen molar-refractivity contribution in [3.8, 4) is 11.8 Å². The molecule has 1 heterocycles. The van der Waals surface area contributed by atoms with Gasteiger partial charge in [0.2, 0.25) is 0 Å².